The molecule has 42 heavy (non-hydrogen) atoms. The van der Waals surface area contributed by atoms with Gasteiger partial charge in [0.1, 0.15) is 17.8 Å². The number of benzene rings is 3. The van der Waals surface area contributed by atoms with Crippen LogP contribution >= 0.6 is 0 Å². The number of hydrogen-bond donors (Lipinski definition) is 2. The summed E-state index contributed by atoms with van der Waals surface area (Å²) in [6, 6.07) is 20.6. The molecule has 0 saturated carbocycles. The minimum Gasteiger partial charge on any atom is -0.497 e. The maximum absolute atomic E-state index is 14.3. The van der Waals surface area contributed by atoms with Gasteiger partial charge in [-0.05, 0) is 61.7 Å². The van der Waals surface area contributed by atoms with Gasteiger partial charge in [0.2, 0.25) is 0 Å². The van der Waals surface area contributed by atoms with Gasteiger partial charge in [0.25, 0.3) is 11.8 Å². The Bertz CT molecular complexity index is 1640. The van der Waals surface area contributed by atoms with Crippen LogP contribution in [0.25, 0.3) is 10.9 Å². The summed E-state index contributed by atoms with van der Waals surface area (Å²) in [4.78, 5) is 48.0. The number of imide groups is 1. The van der Waals surface area contributed by atoms with Crippen LogP contribution in [-0.2, 0) is 16.0 Å². The Balaban J connectivity index is 1.36. The Morgan fingerprint density at radius 1 is 1.02 bits per heavy atom. The highest BCUT2D eigenvalue weighted by Gasteiger charge is 2.53. The number of nitrogens with one attached hydrogen (secondary N) is 2. The number of nitrogens with zero attached hydrogens (tertiary/aromatic N) is 2. The molecule has 6 rings (SSSR count). The number of hydrogen-bond acceptors (Lipinski definition) is 5. The standard InChI is InChI=1S/C33H34N4O5/c1-20(2)42-18-8-17-34-31(38)24-10-5-7-12-27(24)37-32(39)28-19-25-23-9-4-6-11-26(23)35-29(25)30(36(28)33(37)40)21-13-15-22(41-3)16-14-21/h4-7,9-16,20,28,30,35H,8,17-19H2,1-3H3,(H,34,38)/t28-,30?/m0/s1. The lowest BCUT2D eigenvalue weighted by Gasteiger charge is -2.36. The quantitative estimate of drug-likeness (QED) is 0.214. The number of carbonyl (C=O) groups is 3. The number of amides is 4. The summed E-state index contributed by atoms with van der Waals surface area (Å²) in [5.74, 6) is 0.00713. The van der Waals surface area contributed by atoms with Gasteiger partial charge < -0.3 is 19.8 Å². The topological polar surface area (TPSA) is 104 Å². The average molecular weight is 567 g/mol. The molecular formula is C33H34N4O5. The third kappa shape index (κ3) is 4.79. The number of anilines is 1. The van der Waals surface area contributed by atoms with Crippen molar-refractivity contribution in [1.82, 2.24) is 15.2 Å². The van der Waals surface area contributed by atoms with E-state index >= 15 is 0 Å². The van der Waals surface area contributed by atoms with Gasteiger partial charge in [0.05, 0.1) is 24.5 Å². The van der Waals surface area contributed by atoms with E-state index in [0.717, 1.165) is 27.7 Å². The van der Waals surface area contributed by atoms with Crippen molar-refractivity contribution in [3.63, 3.8) is 0 Å². The second kappa shape index (κ2) is 11.3. The first kappa shape index (κ1) is 27.5. The maximum Gasteiger partial charge on any atom is 0.332 e. The van der Waals surface area contributed by atoms with Gasteiger partial charge >= 0.3 is 6.03 Å². The van der Waals surface area contributed by atoms with E-state index in [0.29, 0.717) is 31.7 Å². The highest BCUT2D eigenvalue weighted by molar-refractivity contribution is 6.24. The molecule has 1 saturated heterocycles. The smallest absolute Gasteiger partial charge is 0.332 e. The van der Waals surface area contributed by atoms with Crippen molar-refractivity contribution < 1.29 is 23.9 Å². The first-order valence-corrected chi connectivity index (χ1v) is 14.3. The van der Waals surface area contributed by atoms with Crippen LogP contribution < -0.4 is 15.0 Å². The monoisotopic (exact) mass is 566 g/mol. The average Bonchev–Trinajstić information content (AvgIpc) is 3.49. The lowest BCUT2D eigenvalue weighted by atomic mass is 9.89. The van der Waals surface area contributed by atoms with Crippen molar-refractivity contribution in [3.8, 4) is 5.75 Å². The van der Waals surface area contributed by atoms with Gasteiger partial charge in [-0.2, -0.15) is 0 Å². The SMILES string of the molecule is COc1ccc(C2c3[nH]c4ccccc4c3C[C@H]3C(=O)N(c4ccccc4C(=O)NCCCOC(C)C)C(=O)N23)cc1. The van der Waals surface area contributed by atoms with E-state index in [9.17, 15) is 14.4 Å². The van der Waals surface area contributed by atoms with Crippen LogP contribution in [0.2, 0.25) is 0 Å². The number of rotatable bonds is 9. The second-order valence-corrected chi connectivity index (χ2v) is 10.9. The highest BCUT2D eigenvalue weighted by Crippen LogP contribution is 2.45. The minimum atomic E-state index is -0.722. The third-order valence-electron chi connectivity index (χ3n) is 7.93. The first-order valence-electron chi connectivity index (χ1n) is 14.3. The van der Waals surface area contributed by atoms with E-state index in [1.807, 2.05) is 62.4 Å². The molecule has 0 spiro atoms. The summed E-state index contributed by atoms with van der Waals surface area (Å²) < 4.78 is 10.9. The van der Waals surface area contributed by atoms with Gasteiger partial charge in [-0.3, -0.25) is 14.5 Å². The second-order valence-electron chi connectivity index (χ2n) is 10.9. The minimum absolute atomic E-state index is 0.119. The van der Waals surface area contributed by atoms with Gasteiger partial charge in [0.15, 0.2) is 0 Å². The van der Waals surface area contributed by atoms with Crippen LogP contribution in [-0.4, -0.2) is 60.1 Å². The van der Waals surface area contributed by atoms with E-state index in [1.54, 1.807) is 36.3 Å². The Morgan fingerprint density at radius 3 is 2.52 bits per heavy atom. The molecule has 0 radical (unpaired) electrons. The molecule has 0 bridgehead atoms. The molecule has 2 N–H and O–H groups in total. The lowest BCUT2D eigenvalue weighted by Crippen LogP contribution is -2.44. The van der Waals surface area contributed by atoms with Gasteiger partial charge in [-0.25, -0.2) is 9.69 Å². The maximum atomic E-state index is 14.3. The molecule has 1 fully saturated rings. The molecule has 2 aliphatic rings. The van der Waals surface area contributed by atoms with E-state index in [1.165, 1.54) is 4.90 Å². The largest absolute Gasteiger partial charge is 0.497 e. The lowest BCUT2D eigenvalue weighted by molar-refractivity contribution is -0.120. The van der Waals surface area contributed by atoms with Crippen molar-refractivity contribution in [2.75, 3.05) is 25.2 Å². The molecule has 216 valence electrons. The van der Waals surface area contributed by atoms with Gasteiger partial charge in [-0.15, -0.1) is 0 Å². The fourth-order valence-corrected chi connectivity index (χ4v) is 5.98. The zero-order valence-electron chi connectivity index (χ0n) is 23.9. The highest BCUT2D eigenvalue weighted by atomic mass is 16.5. The molecule has 1 unspecified atom stereocenters. The molecule has 3 aromatic carbocycles. The molecule has 0 aliphatic carbocycles. The van der Waals surface area contributed by atoms with Crippen molar-refractivity contribution >= 4 is 34.4 Å². The van der Waals surface area contributed by atoms with Gasteiger partial charge in [0, 0.05) is 36.2 Å². The molecule has 4 amide bonds. The molecule has 2 atom stereocenters. The van der Waals surface area contributed by atoms with Crippen molar-refractivity contribution in [1.29, 1.82) is 0 Å². The zero-order valence-corrected chi connectivity index (χ0v) is 23.9. The molecule has 2 aliphatic heterocycles. The molecule has 9 heteroatoms. The number of urea groups is 1. The number of methoxy groups -OCH3 is 1. The van der Waals surface area contributed by atoms with E-state index in [-0.39, 0.29) is 29.2 Å². The van der Waals surface area contributed by atoms with Crippen molar-refractivity contribution in [2.45, 2.75) is 44.9 Å². The fraction of sp³-hybridized carbons (Fsp3) is 0.303. The van der Waals surface area contributed by atoms with Crippen molar-refractivity contribution in [3.05, 3.63) is 95.2 Å². The van der Waals surface area contributed by atoms with E-state index in [4.69, 9.17) is 9.47 Å². The molecule has 1 aromatic heterocycles. The third-order valence-corrected chi connectivity index (χ3v) is 7.93. The van der Waals surface area contributed by atoms with Crippen LogP contribution in [0.4, 0.5) is 10.5 Å². The van der Waals surface area contributed by atoms with Gasteiger partial charge in [-0.1, -0.05) is 42.5 Å². The Labute approximate surface area is 244 Å². The Hall–Kier alpha value is -4.63. The van der Waals surface area contributed by atoms with Crippen LogP contribution in [0.3, 0.4) is 0 Å². The van der Waals surface area contributed by atoms with Crippen LogP contribution in [0.5, 0.6) is 5.75 Å². The predicted octanol–water partition coefficient (Wildman–Crippen LogP) is 5.20. The number of aromatic amines is 1. The molecule has 3 heterocycles. The van der Waals surface area contributed by atoms with E-state index < -0.39 is 18.1 Å². The number of ether oxygens (including phenoxy) is 2. The summed E-state index contributed by atoms with van der Waals surface area (Å²) in [6.07, 6.45) is 1.14. The molecule has 4 aromatic rings. The number of fused-ring (bicyclic) bond motifs is 4. The summed E-state index contributed by atoms with van der Waals surface area (Å²) in [5.41, 5.74) is 4.26. The summed E-state index contributed by atoms with van der Waals surface area (Å²) in [6.45, 7) is 4.87. The van der Waals surface area contributed by atoms with Crippen molar-refractivity contribution in [2.24, 2.45) is 0 Å². The Kier molecular flexibility index (Phi) is 7.43. The number of para-hydroxylation sites is 2. The van der Waals surface area contributed by atoms with E-state index in [2.05, 4.69) is 10.3 Å². The predicted molar refractivity (Wildman–Crippen MR) is 160 cm³/mol. The number of carbonyl (C=O) groups excluding carboxylic acids is 3. The molecular weight excluding hydrogens is 532 g/mol. The zero-order chi connectivity index (χ0) is 29.4. The molecule has 9 nitrogen and oxygen atoms in total. The summed E-state index contributed by atoms with van der Waals surface area (Å²) >= 11 is 0. The van der Waals surface area contributed by atoms with Crippen LogP contribution in [0.1, 0.15) is 53.5 Å². The summed E-state index contributed by atoms with van der Waals surface area (Å²) in [7, 11) is 1.61. The number of H-pyrrole nitrogens is 1. The summed E-state index contributed by atoms with van der Waals surface area (Å²) in [5, 5.41) is 3.94. The Morgan fingerprint density at radius 2 is 1.76 bits per heavy atom. The van der Waals surface area contributed by atoms with Crippen LogP contribution in [0, 0.1) is 0 Å². The van der Waals surface area contributed by atoms with Crippen LogP contribution in [0.15, 0.2) is 72.8 Å². The number of aromatic nitrogens is 1. The normalized spacial score (nSPS) is 18.0. The fourth-order valence-electron chi connectivity index (χ4n) is 5.98. The first-order chi connectivity index (χ1) is 20.4.